The molecule has 2 rings (SSSR count). The van der Waals surface area contributed by atoms with Gasteiger partial charge in [-0.3, -0.25) is 4.99 Å². The van der Waals surface area contributed by atoms with Crippen molar-refractivity contribution in [3.8, 4) is 0 Å². The average Bonchev–Trinajstić information content (AvgIpc) is 2.37. The van der Waals surface area contributed by atoms with Gasteiger partial charge in [0.05, 0.1) is 5.84 Å². The standard InChI is InChI=1S/C12H23BN2/c1-12(13)6-4-5-10-9(8-12)7-11(14-2)15(10)3/h9-10H,4-8,13H2,1-3H3/b14-11-/t9?,10?,12-/m1/s1. The molecule has 2 aliphatic rings. The van der Waals surface area contributed by atoms with E-state index in [1.165, 1.54) is 37.9 Å². The molecule has 0 N–H and O–H groups in total. The van der Waals surface area contributed by atoms with Crippen molar-refractivity contribution in [1.82, 2.24) is 4.90 Å². The Labute approximate surface area is 94.5 Å². The Balaban J connectivity index is 2.16. The van der Waals surface area contributed by atoms with Gasteiger partial charge >= 0.3 is 0 Å². The molecular formula is C12H23BN2. The Bertz CT molecular complexity index is 273. The second-order valence-electron chi connectivity index (χ2n) is 6.04. The average molecular weight is 206 g/mol. The highest BCUT2D eigenvalue weighted by Gasteiger charge is 2.40. The van der Waals surface area contributed by atoms with Crippen LogP contribution in [0.4, 0.5) is 0 Å². The fourth-order valence-corrected chi connectivity index (χ4v) is 3.51. The van der Waals surface area contributed by atoms with Crippen molar-refractivity contribution in [3.05, 3.63) is 0 Å². The molecule has 3 heteroatoms. The molecule has 2 unspecified atom stereocenters. The quantitative estimate of drug-likeness (QED) is 0.551. The topological polar surface area (TPSA) is 15.6 Å². The van der Waals surface area contributed by atoms with Crippen LogP contribution in [-0.2, 0) is 0 Å². The number of nitrogens with zero attached hydrogens (tertiary/aromatic N) is 2. The zero-order valence-corrected chi connectivity index (χ0v) is 10.6. The molecule has 0 aromatic heterocycles. The van der Waals surface area contributed by atoms with Crippen LogP contribution in [0.1, 0.15) is 39.0 Å². The van der Waals surface area contributed by atoms with Crippen molar-refractivity contribution in [2.75, 3.05) is 14.1 Å². The summed E-state index contributed by atoms with van der Waals surface area (Å²) >= 11 is 0. The molecule has 84 valence electrons. The van der Waals surface area contributed by atoms with Crippen LogP contribution in [0.2, 0.25) is 5.31 Å². The minimum Gasteiger partial charge on any atom is -0.360 e. The third-order valence-electron chi connectivity index (χ3n) is 4.32. The van der Waals surface area contributed by atoms with Crippen molar-refractivity contribution in [3.63, 3.8) is 0 Å². The molecular weight excluding hydrogens is 183 g/mol. The van der Waals surface area contributed by atoms with Gasteiger partial charge in [-0.25, -0.2) is 0 Å². The van der Waals surface area contributed by atoms with E-state index in [1.807, 2.05) is 7.05 Å². The van der Waals surface area contributed by atoms with Crippen LogP contribution >= 0.6 is 0 Å². The van der Waals surface area contributed by atoms with Crippen LogP contribution in [0.5, 0.6) is 0 Å². The third-order valence-corrected chi connectivity index (χ3v) is 4.32. The van der Waals surface area contributed by atoms with Gasteiger partial charge in [0.15, 0.2) is 0 Å². The number of fused-ring (bicyclic) bond motifs is 1. The first kappa shape index (κ1) is 11.0. The zero-order chi connectivity index (χ0) is 11.1. The van der Waals surface area contributed by atoms with Crippen LogP contribution in [0.25, 0.3) is 0 Å². The monoisotopic (exact) mass is 206 g/mol. The second-order valence-corrected chi connectivity index (χ2v) is 6.04. The van der Waals surface area contributed by atoms with Gasteiger partial charge in [-0.05, 0) is 18.8 Å². The minimum absolute atomic E-state index is 0.545. The Morgan fingerprint density at radius 3 is 2.93 bits per heavy atom. The summed E-state index contributed by atoms with van der Waals surface area (Å²) in [6.45, 7) is 2.43. The molecule has 0 aromatic carbocycles. The Hall–Kier alpha value is -0.465. The Morgan fingerprint density at radius 2 is 2.27 bits per heavy atom. The molecule has 2 nitrogen and oxygen atoms in total. The van der Waals surface area contributed by atoms with Crippen LogP contribution in [0, 0.1) is 5.92 Å². The van der Waals surface area contributed by atoms with Gasteiger partial charge in [0, 0.05) is 26.6 Å². The molecule has 0 aromatic rings. The molecule has 0 spiro atoms. The number of amidine groups is 1. The summed E-state index contributed by atoms with van der Waals surface area (Å²) < 4.78 is 0. The maximum absolute atomic E-state index is 4.41. The van der Waals surface area contributed by atoms with E-state index in [0.29, 0.717) is 5.31 Å². The van der Waals surface area contributed by atoms with Gasteiger partial charge in [-0.15, -0.1) is 0 Å². The van der Waals surface area contributed by atoms with Gasteiger partial charge in [0.25, 0.3) is 0 Å². The van der Waals surface area contributed by atoms with E-state index in [-0.39, 0.29) is 0 Å². The molecule has 15 heavy (non-hydrogen) atoms. The molecule has 0 radical (unpaired) electrons. The summed E-state index contributed by atoms with van der Waals surface area (Å²) in [7, 11) is 6.59. The Morgan fingerprint density at radius 1 is 1.53 bits per heavy atom. The number of likely N-dealkylation sites (tertiary alicyclic amines) is 1. The van der Waals surface area contributed by atoms with Gasteiger partial charge in [-0.1, -0.05) is 25.1 Å². The first-order valence-corrected chi connectivity index (χ1v) is 6.22. The van der Waals surface area contributed by atoms with Gasteiger partial charge < -0.3 is 4.90 Å². The number of hydrogen-bond acceptors (Lipinski definition) is 1. The summed E-state index contributed by atoms with van der Waals surface area (Å²) in [5.74, 6) is 2.17. The predicted molar refractivity (Wildman–Crippen MR) is 68.4 cm³/mol. The predicted octanol–water partition coefficient (Wildman–Crippen LogP) is 1.72. The summed E-state index contributed by atoms with van der Waals surface area (Å²) in [6, 6.07) is 0.769. The van der Waals surface area contributed by atoms with E-state index in [1.54, 1.807) is 0 Å². The van der Waals surface area contributed by atoms with E-state index in [9.17, 15) is 0 Å². The van der Waals surface area contributed by atoms with E-state index in [0.717, 1.165) is 12.0 Å². The number of aliphatic imine (C=N–C) groups is 1. The molecule has 1 saturated heterocycles. The highest BCUT2D eigenvalue weighted by Crippen LogP contribution is 2.45. The lowest BCUT2D eigenvalue weighted by Crippen LogP contribution is -2.31. The largest absolute Gasteiger partial charge is 0.360 e. The SMILES string of the molecule is B[C@]1(C)CCCC2C(C/C(=N/C)N2C)C1. The first-order valence-electron chi connectivity index (χ1n) is 6.22. The molecule has 1 saturated carbocycles. The molecule has 2 fully saturated rings. The lowest BCUT2D eigenvalue weighted by atomic mass is 9.64. The highest BCUT2D eigenvalue weighted by molar-refractivity contribution is 6.14. The fourth-order valence-electron chi connectivity index (χ4n) is 3.51. The Kier molecular flexibility index (Phi) is 2.82. The summed E-state index contributed by atoms with van der Waals surface area (Å²) in [4.78, 5) is 6.85. The summed E-state index contributed by atoms with van der Waals surface area (Å²) in [6.07, 6.45) is 6.73. The zero-order valence-electron chi connectivity index (χ0n) is 10.6. The van der Waals surface area contributed by atoms with E-state index < -0.39 is 0 Å². The van der Waals surface area contributed by atoms with Crippen LogP contribution in [0.3, 0.4) is 0 Å². The molecule has 1 aliphatic heterocycles. The minimum atomic E-state index is 0.545. The first-order chi connectivity index (χ1) is 7.03. The number of rotatable bonds is 0. The van der Waals surface area contributed by atoms with E-state index >= 15 is 0 Å². The smallest absolute Gasteiger partial charge is 0.109 e. The summed E-state index contributed by atoms with van der Waals surface area (Å²) in [5, 5.41) is 0.545. The van der Waals surface area contributed by atoms with Crippen LogP contribution in [0.15, 0.2) is 4.99 Å². The van der Waals surface area contributed by atoms with Crippen molar-refractivity contribution >= 4 is 13.7 Å². The van der Waals surface area contributed by atoms with E-state index in [4.69, 9.17) is 0 Å². The molecule has 3 atom stereocenters. The molecule has 0 bridgehead atoms. The third kappa shape index (κ3) is 2.06. The van der Waals surface area contributed by atoms with E-state index in [2.05, 4.69) is 31.7 Å². The van der Waals surface area contributed by atoms with Gasteiger partial charge in [-0.2, -0.15) is 0 Å². The maximum atomic E-state index is 4.41. The van der Waals surface area contributed by atoms with Crippen molar-refractivity contribution in [2.24, 2.45) is 10.9 Å². The summed E-state index contributed by atoms with van der Waals surface area (Å²) in [5.41, 5.74) is 0. The number of hydrogen-bond donors (Lipinski definition) is 0. The van der Waals surface area contributed by atoms with Gasteiger partial charge in [0.1, 0.15) is 7.85 Å². The normalized spacial score (nSPS) is 44.2. The lowest BCUT2D eigenvalue weighted by molar-refractivity contribution is 0.292. The molecule has 0 amide bonds. The second kappa shape index (κ2) is 3.84. The van der Waals surface area contributed by atoms with Crippen LogP contribution < -0.4 is 0 Å². The lowest BCUT2D eigenvalue weighted by Gasteiger charge is -2.27. The van der Waals surface area contributed by atoms with Crippen LogP contribution in [-0.4, -0.2) is 38.7 Å². The fraction of sp³-hybridized carbons (Fsp3) is 0.917. The highest BCUT2D eigenvalue weighted by atomic mass is 15.2. The van der Waals surface area contributed by atoms with Crippen molar-refractivity contribution < 1.29 is 0 Å². The van der Waals surface area contributed by atoms with Gasteiger partial charge in [0.2, 0.25) is 0 Å². The maximum Gasteiger partial charge on any atom is 0.109 e. The van der Waals surface area contributed by atoms with Crippen molar-refractivity contribution in [2.45, 2.75) is 50.4 Å². The molecule has 1 aliphatic carbocycles. The molecule has 1 heterocycles. The van der Waals surface area contributed by atoms with Crippen molar-refractivity contribution in [1.29, 1.82) is 0 Å².